The van der Waals surface area contributed by atoms with Gasteiger partial charge in [-0.15, -0.1) is 0 Å². The SMILES string of the molecule is O=C(Cl)c1cnc([N+](=O)[O-])c(I)c1C(F)F. The topological polar surface area (TPSA) is 73.1 Å². The van der Waals surface area contributed by atoms with Crippen molar-refractivity contribution in [2.75, 3.05) is 0 Å². The maximum absolute atomic E-state index is 12.6. The first-order chi connectivity index (χ1) is 7.36. The molecule has 0 unspecified atom stereocenters. The molecule has 0 aromatic carbocycles. The Hall–Kier alpha value is -0.900. The fourth-order valence-corrected chi connectivity index (χ4v) is 2.00. The van der Waals surface area contributed by atoms with Gasteiger partial charge in [-0.2, -0.15) is 0 Å². The van der Waals surface area contributed by atoms with E-state index in [2.05, 4.69) is 4.98 Å². The van der Waals surface area contributed by atoms with E-state index in [0.717, 1.165) is 0 Å². The van der Waals surface area contributed by atoms with Crippen molar-refractivity contribution in [3.63, 3.8) is 0 Å². The van der Waals surface area contributed by atoms with Crippen LogP contribution in [0.5, 0.6) is 0 Å². The number of hydrogen-bond donors (Lipinski definition) is 0. The van der Waals surface area contributed by atoms with Crippen molar-refractivity contribution < 1.29 is 18.5 Å². The van der Waals surface area contributed by atoms with Crippen LogP contribution in [0.4, 0.5) is 14.6 Å². The molecule has 1 rings (SSSR count). The minimum atomic E-state index is -3.04. The van der Waals surface area contributed by atoms with E-state index in [-0.39, 0.29) is 3.57 Å². The zero-order valence-corrected chi connectivity index (χ0v) is 10.2. The Bertz CT molecular complexity index is 469. The Morgan fingerprint density at radius 2 is 2.19 bits per heavy atom. The molecule has 0 N–H and O–H groups in total. The van der Waals surface area contributed by atoms with E-state index in [1.807, 2.05) is 0 Å². The highest BCUT2D eigenvalue weighted by atomic mass is 127. The number of pyridine rings is 1. The second-order valence-electron chi connectivity index (χ2n) is 2.55. The van der Waals surface area contributed by atoms with E-state index in [4.69, 9.17) is 11.6 Å². The number of alkyl halides is 2. The molecule has 0 aliphatic carbocycles. The molecule has 0 amide bonds. The van der Waals surface area contributed by atoms with Crippen LogP contribution in [0.25, 0.3) is 0 Å². The van der Waals surface area contributed by atoms with Crippen LogP contribution in [-0.4, -0.2) is 15.1 Å². The van der Waals surface area contributed by atoms with Gasteiger partial charge in [-0.3, -0.25) is 4.79 Å². The molecule has 0 saturated carbocycles. The smallest absolute Gasteiger partial charge is 0.358 e. The summed E-state index contributed by atoms with van der Waals surface area (Å²) in [6.45, 7) is 0. The molecular weight excluding hydrogens is 360 g/mol. The molecule has 0 radical (unpaired) electrons. The molecule has 0 aliphatic rings. The molecule has 0 spiro atoms. The summed E-state index contributed by atoms with van der Waals surface area (Å²) in [5.74, 6) is -0.724. The zero-order chi connectivity index (χ0) is 12.5. The van der Waals surface area contributed by atoms with Crippen molar-refractivity contribution in [2.45, 2.75) is 6.43 Å². The van der Waals surface area contributed by atoms with E-state index in [9.17, 15) is 23.7 Å². The Kier molecular flexibility index (Phi) is 4.08. The van der Waals surface area contributed by atoms with Crippen LogP contribution in [0.1, 0.15) is 22.3 Å². The van der Waals surface area contributed by atoms with Gasteiger partial charge in [0.15, 0.2) is 6.20 Å². The van der Waals surface area contributed by atoms with Crippen LogP contribution in [-0.2, 0) is 0 Å². The number of hydrogen-bond acceptors (Lipinski definition) is 4. The predicted molar refractivity (Wildman–Crippen MR) is 58.7 cm³/mol. The van der Waals surface area contributed by atoms with Crippen LogP contribution in [0.2, 0.25) is 0 Å². The maximum atomic E-state index is 12.6. The molecule has 1 aromatic heterocycles. The summed E-state index contributed by atoms with van der Waals surface area (Å²) in [5.41, 5.74) is -1.28. The lowest BCUT2D eigenvalue weighted by molar-refractivity contribution is -0.390. The molecule has 0 bridgehead atoms. The van der Waals surface area contributed by atoms with Crippen molar-refractivity contribution in [3.8, 4) is 0 Å². The number of carbonyl (C=O) groups excluding carboxylic acids is 1. The summed E-state index contributed by atoms with van der Waals surface area (Å²) < 4.78 is 24.9. The summed E-state index contributed by atoms with van der Waals surface area (Å²) in [6, 6.07) is 0. The molecule has 1 aromatic rings. The summed E-state index contributed by atoms with van der Waals surface area (Å²) in [6.07, 6.45) is -2.36. The quantitative estimate of drug-likeness (QED) is 0.359. The molecule has 1 heterocycles. The van der Waals surface area contributed by atoms with Gasteiger partial charge in [-0.25, -0.2) is 8.78 Å². The van der Waals surface area contributed by atoms with E-state index >= 15 is 0 Å². The highest BCUT2D eigenvalue weighted by molar-refractivity contribution is 14.1. The normalized spacial score (nSPS) is 10.6. The summed E-state index contributed by atoms with van der Waals surface area (Å²) in [4.78, 5) is 23.7. The molecule has 0 saturated heterocycles. The summed E-state index contributed by atoms with van der Waals surface area (Å²) in [7, 11) is 0. The Balaban J connectivity index is 3.54. The Morgan fingerprint density at radius 3 is 2.56 bits per heavy atom. The largest absolute Gasteiger partial charge is 0.377 e. The van der Waals surface area contributed by atoms with Gasteiger partial charge >= 0.3 is 5.82 Å². The summed E-state index contributed by atoms with van der Waals surface area (Å²) in [5, 5.41) is 9.32. The van der Waals surface area contributed by atoms with Gasteiger partial charge in [0.25, 0.3) is 11.7 Å². The third-order valence-electron chi connectivity index (χ3n) is 1.64. The number of carbonyl (C=O) groups is 1. The highest BCUT2D eigenvalue weighted by Crippen LogP contribution is 2.32. The minimum Gasteiger partial charge on any atom is -0.358 e. The van der Waals surface area contributed by atoms with Crippen LogP contribution in [0.15, 0.2) is 6.20 Å². The second-order valence-corrected chi connectivity index (χ2v) is 3.98. The molecule has 9 heteroatoms. The minimum absolute atomic E-state index is 0.385. The summed E-state index contributed by atoms with van der Waals surface area (Å²) >= 11 is 6.41. The van der Waals surface area contributed by atoms with Crippen LogP contribution >= 0.6 is 34.2 Å². The molecule has 16 heavy (non-hydrogen) atoms. The van der Waals surface area contributed by atoms with Gasteiger partial charge < -0.3 is 10.1 Å². The monoisotopic (exact) mass is 362 g/mol. The maximum Gasteiger partial charge on any atom is 0.377 e. The van der Waals surface area contributed by atoms with Crippen molar-refractivity contribution in [3.05, 3.63) is 31.0 Å². The highest BCUT2D eigenvalue weighted by Gasteiger charge is 2.28. The Labute approximate surface area is 106 Å². The van der Waals surface area contributed by atoms with Gasteiger partial charge in [-0.05, 0) is 44.1 Å². The van der Waals surface area contributed by atoms with Gasteiger partial charge in [0.1, 0.15) is 3.57 Å². The Morgan fingerprint density at radius 1 is 1.62 bits per heavy atom. The van der Waals surface area contributed by atoms with Gasteiger partial charge in [0, 0.05) is 0 Å². The van der Waals surface area contributed by atoms with E-state index in [1.165, 1.54) is 22.6 Å². The lowest BCUT2D eigenvalue weighted by Gasteiger charge is -2.06. The standard InChI is InChI=1S/C7H2ClF2IN2O3/c8-5(14)2-1-12-7(13(15)16)4(11)3(2)6(9)10/h1,6H. The second kappa shape index (κ2) is 4.95. The first-order valence-electron chi connectivity index (χ1n) is 3.67. The molecule has 0 fully saturated rings. The third-order valence-corrected chi connectivity index (χ3v) is 2.91. The number of nitrogens with zero attached hydrogens (tertiary/aromatic N) is 2. The third kappa shape index (κ3) is 2.43. The van der Waals surface area contributed by atoms with E-state index in [1.54, 1.807) is 0 Å². The van der Waals surface area contributed by atoms with E-state index in [0.29, 0.717) is 6.20 Å². The molecule has 5 nitrogen and oxygen atoms in total. The average Bonchev–Trinajstić information content (AvgIpc) is 2.15. The molecule has 0 atom stereocenters. The van der Waals surface area contributed by atoms with Gasteiger partial charge in [-0.1, -0.05) is 0 Å². The first kappa shape index (κ1) is 13.2. The number of halogens is 4. The fourth-order valence-electron chi connectivity index (χ4n) is 0.988. The van der Waals surface area contributed by atoms with Crippen molar-refractivity contribution >= 4 is 45.3 Å². The van der Waals surface area contributed by atoms with Crippen molar-refractivity contribution in [1.82, 2.24) is 4.98 Å². The number of aromatic nitrogens is 1. The zero-order valence-electron chi connectivity index (χ0n) is 7.29. The molecule has 0 aliphatic heterocycles. The lowest BCUT2D eigenvalue weighted by Crippen LogP contribution is -2.06. The average molecular weight is 362 g/mol. The van der Waals surface area contributed by atoms with Crippen molar-refractivity contribution in [1.29, 1.82) is 0 Å². The van der Waals surface area contributed by atoms with Gasteiger partial charge in [0.2, 0.25) is 0 Å². The van der Waals surface area contributed by atoms with E-state index < -0.39 is 33.5 Å². The number of rotatable bonds is 3. The van der Waals surface area contributed by atoms with Gasteiger partial charge in [0.05, 0.1) is 11.1 Å². The van der Waals surface area contributed by atoms with Crippen LogP contribution in [0.3, 0.4) is 0 Å². The molecular formula is C7H2ClF2IN2O3. The van der Waals surface area contributed by atoms with Crippen LogP contribution < -0.4 is 0 Å². The fraction of sp³-hybridized carbons (Fsp3) is 0.143. The van der Waals surface area contributed by atoms with Crippen molar-refractivity contribution in [2.24, 2.45) is 0 Å². The molecule has 86 valence electrons. The van der Waals surface area contributed by atoms with Crippen LogP contribution in [0, 0.1) is 13.7 Å². The first-order valence-corrected chi connectivity index (χ1v) is 5.12. The lowest BCUT2D eigenvalue weighted by atomic mass is 10.1. The predicted octanol–water partition coefficient (Wildman–Crippen LogP) is 2.91. The number of nitro groups is 1.